The zero-order valence-corrected chi connectivity index (χ0v) is 11.6. The van der Waals surface area contributed by atoms with Crippen molar-refractivity contribution >= 4 is 0 Å². The highest BCUT2D eigenvalue weighted by atomic mass is 19.1. The molecule has 1 unspecified atom stereocenters. The first-order valence-corrected chi connectivity index (χ1v) is 6.64. The van der Waals surface area contributed by atoms with Gasteiger partial charge in [-0.2, -0.15) is 5.26 Å². The number of imidazole rings is 1. The summed E-state index contributed by atoms with van der Waals surface area (Å²) in [5.74, 6) is -0.0317. The summed E-state index contributed by atoms with van der Waals surface area (Å²) in [5, 5.41) is 12.3. The molecule has 0 aliphatic heterocycles. The number of nitrogens with zero attached hydrogens (tertiary/aromatic N) is 3. The maximum atomic E-state index is 14.2. The molecule has 104 valence electrons. The summed E-state index contributed by atoms with van der Waals surface area (Å²) in [7, 11) is 0. The Balaban J connectivity index is 2.49. The van der Waals surface area contributed by atoms with Crippen LogP contribution in [0.2, 0.25) is 0 Å². The number of benzene rings is 1. The Morgan fingerprint density at radius 1 is 1.50 bits per heavy atom. The van der Waals surface area contributed by atoms with E-state index in [-0.39, 0.29) is 17.7 Å². The lowest BCUT2D eigenvalue weighted by molar-refractivity contribution is 0.525. The highest BCUT2D eigenvalue weighted by Gasteiger charge is 2.17. The van der Waals surface area contributed by atoms with Crippen molar-refractivity contribution in [2.24, 2.45) is 0 Å². The Hall–Kier alpha value is -2.19. The van der Waals surface area contributed by atoms with Crippen LogP contribution < -0.4 is 5.32 Å². The molecule has 0 aliphatic carbocycles. The molecule has 20 heavy (non-hydrogen) atoms. The SMILES string of the molecule is CCCNC(C)c1c(F)cccc1-n1ccnc1C#N. The van der Waals surface area contributed by atoms with Crippen molar-refractivity contribution in [1.29, 1.82) is 5.26 Å². The number of hydrogen-bond acceptors (Lipinski definition) is 3. The van der Waals surface area contributed by atoms with Gasteiger partial charge in [0, 0.05) is 24.0 Å². The van der Waals surface area contributed by atoms with Gasteiger partial charge in [-0.3, -0.25) is 4.57 Å². The summed E-state index contributed by atoms with van der Waals surface area (Å²) in [6.07, 6.45) is 4.18. The summed E-state index contributed by atoms with van der Waals surface area (Å²) in [6, 6.07) is 6.75. The van der Waals surface area contributed by atoms with Gasteiger partial charge in [0.25, 0.3) is 0 Å². The van der Waals surface area contributed by atoms with E-state index in [9.17, 15) is 4.39 Å². The fourth-order valence-corrected chi connectivity index (χ4v) is 2.21. The monoisotopic (exact) mass is 272 g/mol. The molecular weight excluding hydrogens is 255 g/mol. The van der Waals surface area contributed by atoms with E-state index in [0.29, 0.717) is 11.3 Å². The van der Waals surface area contributed by atoms with Crippen LogP contribution in [-0.4, -0.2) is 16.1 Å². The zero-order valence-electron chi connectivity index (χ0n) is 11.6. The van der Waals surface area contributed by atoms with Gasteiger partial charge in [-0.1, -0.05) is 13.0 Å². The second-order valence-electron chi connectivity index (χ2n) is 4.58. The van der Waals surface area contributed by atoms with E-state index in [2.05, 4.69) is 17.2 Å². The van der Waals surface area contributed by atoms with Crippen LogP contribution in [0.4, 0.5) is 4.39 Å². The van der Waals surface area contributed by atoms with Crippen molar-refractivity contribution in [2.75, 3.05) is 6.54 Å². The molecule has 0 aliphatic rings. The summed E-state index contributed by atoms with van der Waals surface area (Å²) in [5.41, 5.74) is 1.20. The van der Waals surface area contributed by atoms with E-state index in [0.717, 1.165) is 13.0 Å². The average molecular weight is 272 g/mol. The molecule has 0 radical (unpaired) electrons. The maximum absolute atomic E-state index is 14.2. The normalized spacial score (nSPS) is 12.1. The second kappa shape index (κ2) is 6.31. The lowest BCUT2D eigenvalue weighted by Gasteiger charge is -2.19. The van der Waals surface area contributed by atoms with Gasteiger partial charge in [-0.15, -0.1) is 0 Å². The molecule has 1 atom stereocenters. The summed E-state index contributed by atoms with van der Waals surface area (Å²) >= 11 is 0. The molecule has 1 aromatic carbocycles. The van der Waals surface area contributed by atoms with Gasteiger partial charge in [-0.25, -0.2) is 9.37 Å². The Kier molecular flexibility index (Phi) is 4.49. The van der Waals surface area contributed by atoms with Crippen LogP contribution in [0.25, 0.3) is 5.69 Å². The highest BCUT2D eigenvalue weighted by molar-refractivity contribution is 5.46. The van der Waals surface area contributed by atoms with E-state index >= 15 is 0 Å². The van der Waals surface area contributed by atoms with E-state index in [1.54, 1.807) is 22.9 Å². The third-order valence-electron chi connectivity index (χ3n) is 3.16. The molecule has 1 aromatic heterocycles. The number of aromatic nitrogens is 2. The Morgan fingerprint density at radius 2 is 2.30 bits per heavy atom. The number of nitrogens with one attached hydrogen (secondary N) is 1. The fourth-order valence-electron chi connectivity index (χ4n) is 2.21. The topological polar surface area (TPSA) is 53.6 Å². The van der Waals surface area contributed by atoms with Crippen LogP contribution in [0.5, 0.6) is 0 Å². The largest absolute Gasteiger partial charge is 0.310 e. The van der Waals surface area contributed by atoms with Crippen LogP contribution in [0.3, 0.4) is 0 Å². The lowest BCUT2D eigenvalue weighted by atomic mass is 10.0. The quantitative estimate of drug-likeness (QED) is 0.910. The molecule has 2 rings (SSSR count). The molecule has 4 nitrogen and oxygen atoms in total. The molecule has 0 spiro atoms. The molecule has 1 heterocycles. The number of hydrogen-bond donors (Lipinski definition) is 1. The van der Waals surface area contributed by atoms with Crippen molar-refractivity contribution in [1.82, 2.24) is 14.9 Å². The molecule has 0 saturated heterocycles. The van der Waals surface area contributed by atoms with Crippen molar-refractivity contribution in [3.8, 4) is 11.8 Å². The van der Waals surface area contributed by atoms with Gasteiger partial charge in [0.1, 0.15) is 11.9 Å². The van der Waals surface area contributed by atoms with Gasteiger partial charge < -0.3 is 5.32 Å². The second-order valence-corrected chi connectivity index (χ2v) is 4.58. The Bertz CT molecular complexity index is 627. The predicted octanol–water partition coefficient (Wildman–Crippen LogP) is 2.94. The molecule has 0 amide bonds. The number of halogens is 1. The maximum Gasteiger partial charge on any atom is 0.217 e. The van der Waals surface area contributed by atoms with Crippen molar-refractivity contribution in [2.45, 2.75) is 26.3 Å². The molecule has 0 bridgehead atoms. The molecule has 0 saturated carbocycles. The van der Waals surface area contributed by atoms with Crippen LogP contribution in [0, 0.1) is 17.1 Å². The van der Waals surface area contributed by atoms with E-state index in [1.807, 2.05) is 13.0 Å². The van der Waals surface area contributed by atoms with Gasteiger partial charge >= 0.3 is 0 Å². The molecular formula is C15H17FN4. The summed E-state index contributed by atoms with van der Waals surface area (Å²) in [6.45, 7) is 4.79. The highest BCUT2D eigenvalue weighted by Crippen LogP contribution is 2.25. The first kappa shape index (κ1) is 14.2. The van der Waals surface area contributed by atoms with Gasteiger partial charge in [-0.05, 0) is 32.0 Å². The standard InChI is InChI=1S/C15H17FN4/c1-3-7-18-11(2)15-12(16)5-4-6-13(15)20-9-8-19-14(20)10-17/h4-6,8-9,11,18H,3,7H2,1-2H3. The molecule has 1 N–H and O–H groups in total. The lowest BCUT2D eigenvalue weighted by Crippen LogP contribution is -2.22. The van der Waals surface area contributed by atoms with E-state index in [4.69, 9.17) is 5.26 Å². The first-order valence-electron chi connectivity index (χ1n) is 6.64. The van der Waals surface area contributed by atoms with Crippen molar-refractivity contribution in [3.05, 3.63) is 47.8 Å². The average Bonchev–Trinajstić information content (AvgIpc) is 2.92. The van der Waals surface area contributed by atoms with Crippen LogP contribution in [0.1, 0.15) is 37.7 Å². The molecule has 0 fully saturated rings. The van der Waals surface area contributed by atoms with Crippen LogP contribution in [0.15, 0.2) is 30.6 Å². The van der Waals surface area contributed by atoms with Gasteiger partial charge in [0.2, 0.25) is 5.82 Å². The Labute approximate surface area is 117 Å². The van der Waals surface area contributed by atoms with Crippen LogP contribution >= 0.6 is 0 Å². The fraction of sp³-hybridized carbons (Fsp3) is 0.333. The van der Waals surface area contributed by atoms with Crippen molar-refractivity contribution < 1.29 is 4.39 Å². The zero-order chi connectivity index (χ0) is 14.5. The summed E-state index contributed by atoms with van der Waals surface area (Å²) < 4.78 is 15.8. The molecule has 5 heteroatoms. The van der Waals surface area contributed by atoms with Crippen molar-refractivity contribution in [3.63, 3.8) is 0 Å². The third-order valence-corrected chi connectivity index (χ3v) is 3.16. The first-order chi connectivity index (χ1) is 9.69. The van der Waals surface area contributed by atoms with E-state index in [1.165, 1.54) is 12.3 Å². The number of nitriles is 1. The predicted molar refractivity (Wildman–Crippen MR) is 74.9 cm³/mol. The smallest absolute Gasteiger partial charge is 0.217 e. The number of rotatable bonds is 5. The minimum atomic E-state index is -0.281. The van der Waals surface area contributed by atoms with Gasteiger partial charge in [0.15, 0.2) is 0 Å². The molecule has 2 aromatic rings. The minimum absolute atomic E-state index is 0.139. The van der Waals surface area contributed by atoms with Crippen LogP contribution in [-0.2, 0) is 0 Å². The Morgan fingerprint density at radius 3 is 3.00 bits per heavy atom. The third kappa shape index (κ3) is 2.70. The van der Waals surface area contributed by atoms with E-state index < -0.39 is 0 Å². The van der Waals surface area contributed by atoms with Gasteiger partial charge in [0.05, 0.1) is 5.69 Å². The summed E-state index contributed by atoms with van der Waals surface area (Å²) in [4.78, 5) is 3.96. The minimum Gasteiger partial charge on any atom is -0.310 e.